The molecule has 1 aromatic carbocycles. The molecule has 1 aromatic rings. The molecule has 3 heterocycles. The number of benzene rings is 1. The van der Waals surface area contributed by atoms with Crippen LogP contribution >= 0.6 is 11.8 Å². The van der Waals surface area contributed by atoms with Gasteiger partial charge in [0.05, 0.1) is 35.8 Å². The third-order valence-electron chi connectivity index (χ3n) is 8.33. The summed E-state index contributed by atoms with van der Waals surface area (Å²) in [5.41, 5.74) is 0.646. The van der Waals surface area contributed by atoms with E-state index in [9.17, 15) is 19.5 Å². The standard InChI is InChI=1S/C28H41N3O5S/c1-5-8-9-16-29-25(34)23-28-15-14-27(4,37-28)21(22(28)26(35)31(23)19(6-2)17-32)24(33)30-18-10-12-20(13-11-18)36-7-3/h10-13,19,21-23,32H,5-9,14-17H2,1-4H3,(H,29,34)(H,30,33)/t19-,21+,22-,23?,27-,28?/m0/s1. The van der Waals surface area contributed by atoms with Gasteiger partial charge in [-0.05, 0) is 63.8 Å². The van der Waals surface area contributed by atoms with Crippen molar-refractivity contribution in [2.45, 2.75) is 87.8 Å². The summed E-state index contributed by atoms with van der Waals surface area (Å²) < 4.78 is 4.38. The molecule has 3 aliphatic rings. The number of carbonyl (C=O) groups excluding carboxylic acids is 3. The Morgan fingerprint density at radius 2 is 1.89 bits per heavy atom. The zero-order valence-corrected chi connectivity index (χ0v) is 23.2. The Labute approximate surface area is 224 Å². The van der Waals surface area contributed by atoms with Gasteiger partial charge in [0.25, 0.3) is 0 Å². The molecule has 3 aliphatic heterocycles. The van der Waals surface area contributed by atoms with Crippen LogP contribution in [0.1, 0.15) is 66.2 Å². The number of rotatable bonds is 12. The molecule has 4 rings (SSSR count). The van der Waals surface area contributed by atoms with Crippen molar-refractivity contribution in [3.63, 3.8) is 0 Å². The molecular weight excluding hydrogens is 490 g/mol. The lowest BCUT2D eigenvalue weighted by atomic mass is 9.66. The molecule has 0 saturated carbocycles. The molecule has 2 unspecified atom stereocenters. The zero-order chi connectivity index (χ0) is 26.8. The monoisotopic (exact) mass is 531 g/mol. The summed E-state index contributed by atoms with van der Waals surface area (Å²) in [6, 6.07) is 6.07. The summed E-state index contributed by atoms with van der Waals surface area (Å²) in [4.78, 5) is 43.1. The van der Waals surface area contributed by atoms with E-state index < -0.39 is 33.4 Å². The molecule has 3 fully saturated rings. The largest absolute Gasteiger partial charge is 0.494 e. The van der Waals surface area contributed by atoms with E-state index >= 15 is 0 Å². The highest BCUT2D eigenvalue weighted by atomic mass is 32.2. The third-order valence-corrected chi connectivity index (χ3v) is 10.3. The normalized spacial score (nSPS) is 30.8. The second-order valence-electron chi connectivity index (χ2n) is 10.7. The van der Waals surface area contributed by atoms with Crippen LogP contribution in [0.3, 0.4) is 0 Å². The highest BCUT2D eigenvalue weighted by Gasteiger charge is 2.77. The van der Waals surface area contributed by atoms with Crippen molar-refractivity contribution < 1.29 is 24.2 Å². The van der Waals surface area contributed by atoms with E-state index in [4.69, 9.17) is 4.74 Å². The van der Waals surface area contributed by atoms with Crippen LogP contribution in [0.5, 0.6) is 5.75 Å². The van der Waals surface area contributed by atoms with Crippen LogP contribution in [0.15, 0.2) is 24.3 Å². The van der Waals surface area contributed by atoms with E-state index in [0.717, 1.165) is 31.4 Å². The molecule has 8 nitrogen and oxygen atoms in total. The maximum absolute atomic E-state index is 14.1. The number of hydrogen-bond acceptors (Lipinski definition) is 6. The Kier molecular flexibility index (Phi) is 8.43. The first-order chi connectivity index (χ1) is 17.8. The highest BCUT2D eigenvalue weighted by molar-refractivity contribution is 8.02. The molecule has 3 N–H and O–H groups in total. The van der Waals surface area contributed by atoms with Crippen LogP contribution < -0.4 is 15.4 Å². The molecule has 0 aliphatic carbocycles. The number of anilines is 1. The van der Waals surface area contributed by atoms with Crippen molar-refractivity contribution in [1.82, 2.24) is 10.2 Å². The number of carbonyl (C=O) groups is 3. The van der Waals surface area contributed by atoms with Crippen LogP contribution in [0, 0.1) is 11.8 Å². The Balaban J connectivity index is 1.63. The summed E-state index contributed by atoms with van der Waals surface area (Å²) in [6.45, 7) is 8.91. The first kappa shape index (κ1) is 27.8. The highest BCUT2D eigenvalue weighted by Crippen LogP contribution is 2.71. The van der Waals surface area contributed by atoms with Crippen molar-refractivity contribution in [1.29, 1.82) is 0 Å². The molecule has 0 aromatic heterocycles. The molecule has 1 spiro atoms. The minimum atomic E-state index is -0.696. The predicted octanol–water partition coefficient (Wildman–Crippen LogP) is 3.58. The van der Waals surface area contributed by atoms with Crippen molar-refractivity contribution in [2.75, 3.05) is 25.1 Å². The number of aliphatic hydroxyl groups is 1. The van der Waals surface area contributed by atoms with E-state index in [2.05, 4.69) is 24.5 Å². The van der Waals surface area contributed by atoms with Crippen molar-refractivity contribution >= 4 is 35.2 Å². The SMILES string of the molecule is CCCCCNC(=O)C1N([C@@H](CC)CO)C(=O)[C@@H]2[C@H](C(=O)Nc3ccc(OCC)cc3)[C@]3(C)CCC12S3. The lowest BCUT2D eigenvalue weighted by Crippen LogP contribution is -2.56. The number of ether oxygens (including phenoxy) is 1. The summed E-state index contributed by atoms with van der Waals surface area (Å²) in [5.74, 6) is -0.987. The molecule has 3 saturated heterocycles. The van der Waals surface area contributed by atoms with Crippen molar-refractivity contribution in [3.05, 3.63) is 24.3 Å². The quantitative estimate of drug-likeness (QED) is 0.356. The van der Waals surface area contributed by atoms with E-state index in [0.29, 0.717) is 31.7 Å². The number of fused-ring (bicyclic) bond motifs is 1. The van der Waals surface area contributed by atoms with Crippen LogP contribution in [0.4, 0.5) is 5.69 Å². The Morgan fingerprint density at radius 3 is 2.51 bits per heavy atom. The van der Waals surface area contributed by atoms with Gasteiger partial charge in [-0.1, -0.05) is 26.7 Å². The number of thioether (sulfide) groups is 1. The first-order valence-electron chi connectivity index (χ1n) is 13.7. The van der Waals surface area contributed by atoms with Gasteiger partial charge in [-0.15, -0.1) is 11.8 Å². The second kappa shape index (κ2) is 11.2. The minimum Gasteiger partial charge on any atom is -0.494 e. The topological polar surface area (TPSA) is 108 Å². The first-order valence-corrected chi connectivity index (χ1v) is 14.5. The lowest BCUT2D eigenvalue weighted by Gasteiger charge is -2.36. The fourth-order valence-corrected chi connectivity index (χ4v) is 8.92. The molecular formula is C28H41N3O5S. The number of unbranched alkanes of at least 4 members (excludes halogenated alkanes) is 2. The smallest absolute Gasteiger partial charge is 0.244 e. The van der Waals surface area contributed by atoms with E-state index in [1.165, 1.54) is 0 Å². The zero-order valence-electron chi connectivity index (χ0n) is 22.4. The number of nitrogens with one attached hydrogen (secondary N) is 2. The third kappa shape index (κ3) is 4.85. The Bertz CT molecular complexity index is 1000. The molecule has 2 bridgehead atoms. The fraction of sp³-hybridized carbons (Fsp3) is 0.679. The number of amides is 3. The van der Waals surface area contributed by atoms with Gasteiger partial charge < -0.3 is 25.4 Å². The van der Waals surface area contributed by atoms with Gasteiger partial charge in [0.1, 0.15) is 11.8 Å². The predicted molar refractivity (Wildman–Crippen MR) is 146 cm³/mol. The molecule has 204 valence electrons. The van der Waals surface area contributed by atoms with E-state index in [-0.39, 0.29) is 24.3 Å². The number of nitrogens with zero attached hydrogens (tertiary/aromatic N) is 1. The number of hydrogen-bond donors (Lipinski definition) is 3. The van der Waals surface area contributed by atoms with Crippen molar-refractivity contribution in [2.24, 2.45) is 11.8 Å². The Morgan fingerprint density at radius 1 is 1.16 bits per heavy atom. The van der Waals surface area contributed by atoms with Gasteiger partial charge in [-0.3, -0.25) is 14.4 Å². The number of likely N-dealkylation sites (tertiary alicyclic amines) is 1. The van der Waals surface area contributed by atoms with Crippen LogP contribution in [-0.4, -0.2) is 69.1 Å². The van der Waals surface area contributed by atoms with Crippen LogP contribution in [0.2, 0.25) is 0 Å². The molecule has 9 heteroatoms. The van der Waals surface area contributed by atoms with Crippen LogP contribution in [-0.2, 0) is 14.4 Å². The van der Waals surface area contributed by atoms with E-state index in [1.807, 2.05) is 26.0 Å². The summed E-state index contributed by atoms with van der Waals surface area (Å²) >= 11 is 1.65. The Hall–Kier alpha value is -2.26. The average molecular weight is 532 g/mol. The lowest BCUT2D eigenvalue weighted by molar-refractivity contribution is -0.142. The van der Waals surface area contributed by atoms with Gasteiger partial charge in [0.15, 0.2) is 0 Å². The van der Waals surface area contributed by atoms with E-state index in [1.54, 1.807) is 28.8 Å². The molecule has 0 radical (unpaired) electrons. The summed E-state index contributed by atoms with van der Waals surface area (Å²) in [7, 11) is 0. The maximum atomic E-state index is 14.1. The second-order valence-corrected chi connectivity index (χ2v) is 12.6. The summed E-state index contributed by atoms with van der Waals surface area (Å²) in [5, 5.41) is 16.2. The number of aliphatic hydroxyl groups excluding tert-OH is 1. The van der Waals surface area contributed by atoms with Gasteiger partial charge in [-0.2, -0.15) is 0 Å². The summed E-state index contributed by atoms with van der Waals surface area (Å²) in [6.07, 6.45) is 4.95. The maximum Gasteiger partial charge on any atom is 0.244 e. The minimum absolute atomic E-state index is 0.164. The molecule has 6 atom stereocenters. The molecule has 3 amide bonds. The average Bonchev–Trinajstić information content (AvgIpc) is 3.45. The van der Waals surface area contributed by atoms with Crippen molar-refractivity contribution in [3.8, 4) is 5.75 Å². The van der Waals surface area contributed by atoms with Gasteiger partial charge in [0, 0.05) is 17.0 Å². The van der Waals surface area contributed by atoms with Gasteiger partial charge >= 0.3 is 0 Å². The molecule has 37 heavy (non-hydrogen) atoms. The van der Waals surface area contributed by atoms with Gasteiger partial charge in [0.2, 0.25) is 17.7 Å². The van der Waals surface area contributed by atoms with Gasteiger partial charge in [-0.25, -0.2) is 0 Å². The fourth-order valence-electron chi connectivity index (χ4n) is 6.58. The van der Waals surface area contributed by atoms with Crippen LogP contribution in [0.25, 0.3) is 0 Å².